The highest BCUT2D eigenvalue weighted by Crippen LogP contribution is 2.35. The molecule has 0 radical (unpaired) electrons. The normalized spacial score (nSPS) is 29.3. The SMILES string of the molecule is CC1CCCCN(SSN2CCCCC(C)C2=O)C1=O. The maximum Gasteiger partial charge on any atom is 0.235 e. The summed E-state index contributed by atoms with van der Waals surface area (Å²) in [6.07, 6.45) is 6.34. The molecule has 2 aliphatic heterocycles. The van der Waals surface area contributed by atoms with Gasteiger partial charge in [0.2, 0.25) is 11.8 Å². The highest BCUT2D eigenvalue weighted by Gasteiger charge is 2.28. The minimum atomic E-state index is 0.115. The molecule has 20 heavy (non-hydrogen) atoms. The summed E-state index contributed by atoms with van der Waals surface area (Å²) in [5.41, 5.74) is 0. The van der Waals surface area contributed by atoms with Crippen molar-refractivity contribution in [2.24, 2.45) is 11.8 Å². The molecule has 0 aromatic heterocycles. The van der Waals surface area contributed by atoms with Gasteiger partial charge in [-0.3, -0.25) is 18.2 Å². The van der Waals surface area contributed by atoms with Crippen molar-refractivity contribution in [3.05, 3.63) is 0 Å². The summed E-state index contributed by atoms with van der Waals surface area (Å²) in [7, 11) is 2.90. The van der Waals surface area contributed by atoms with Crippen molar-refractivity contribution < 1.29 is 9.59 Å². The zero-order valence-electron chi connectivity index (χ0n) is 12.3. The molecule has 2 saturated heterocycles. The molecular weight excluding hydrogens is 292 g/mol. The van der Waals surface area contributed by atoms with Gasteiger partial charge >= 0.3 is 0 Å². The van der Waals surface area contributed by atoms with E-state index in [0.717, 1.165) is 51.6 Å². The van der Waals surface area contributed by atoms with Crippen LogP contribution in [0.15, 0.2) is 0 Å². The fourth-order valence-electron chi connectivity index (χ4n) is 2.60. The van der Waals surface area contributed by atoms with E-state index in [9.17, 15) is 9.59 Å². The van der Waals surface area contributed by atoms with Crippen LogP contribution in [-0.4, -0.2) is 33.5 Å². The van der Waals surface area contributed by atoms with Crippen molar-refractivity contribution in [2.45, 2.75) is 52.4 Å². The fraction of sp³-hybridized carbons (Fsp3) is 0.857. The minimum Gasteiger partial charge on any atom is -0.276 e. The molecule has 0 aromatic rings. The maximum absolute atomic E-state index is 12.2. The third-order valence-corrected chi connectivity index (χ3v) is 6.48. The first-order valence-corrected chi connectivity index (χ1v) is 9.63. The zero-order valence-corrected chi connectivity index (χ0v) is 14.0. The summed E-state index contributed by atoms with van der Waals surface area (Å²) in [4.78, 5) is 24.4. The van der Waals surface area contributed by atoms with Crippen LogP contribution in [0.2, 0.25) is 0 Å². The molecule has 2 heterocycles. The van der Waals surface area contributed by atoms with Gasteiger partial charge in [-0.2, -0.15) is 0 Å². The Morgan fingerprint density at radius 2 is 1.20 bits per heavy atom. The topological polar surface area (TPSA) is 40.6 Å². The van der Waals surface area contributed by atoms with E-state index in [1.165, 1.54) is 22.0 Å². The number of hydrogen-bond acceptors (Lipinski definition) is 4. The second kappa shape index (κ2) is 7.59. The largest absolute Gasteiger partial charge is 0.276 e. The van der Waals surface area contributed by atoms with Gasteiger partial charge in [-0.05, 0) is 25.7 Å². The molecule has 2 atom stereocenters. The second-order valence-corrected chi connectivity index (χ2v) is 7.90. The molecule has 0 bridgehead atoms. The maximum atomic E-state index is 12.2. The Bertz CT molecular complexity index is 331. The van der Waals surface area contributed by atoms with Crippen molar-refractivity contribution in [1.29, 1.82) is 0 Å². The van der Waals surface area contributed by atoms with Gasteiger partial charge in [0.1, 0.15) is 0 Å². The van der Waals surface area contributed by atoms with Crippen LogP contribution in [0.1, 0.15) is 52.4 Å². The molecule has 2 aliphatic rings. The molecule has 0 aromatic carbocycles. The number of carbonyl (C=O) groups is 2. The van der Waals surface area contributed by atoms with Crippen LogP contribution in [-0.2, 0) is 9.59 Å². The lowest BCUT2D eigenvalue weighted by atomic mass is 10.1. The monoisotopic (exact) mass is 316 g/mol. The highest BCUT2D eigenvalue weighted by molar-refractivity contribution is 8.75. The Kier molecular flexibility index (Phi) is 6.08. The van der Waals surface area contributed by atoms with Crippen LogP contribution in [0.4, 0.5) is 0 Å². The molecule has 0 aliphatic carbocycles. The third kappa shape index (κ3) is 4.07. The quantitative estimate of drug-likeness (QED) is 0.590. The first-order chi connectivity index (χ1) is 9.59. The molecule has 4 nitrogen and oxygen atoms in total. The summed E-state index contributed by atoms with van der Waals surface area (Å²) in [6.45, 7) is 5.62. The van der Waals surface area contributed by atoms with Crippen molar-refractivity contribution in [1.82, 2.24) is 8.61 Å². The van der Waals surface area contributed by atoms with Gasteiger partial charge in [-0.15, -0.1) is 0 Å². The Hall–Kier alpha value is -0.360. The predicted octanol–water partition coefficient (Wildman–Crippen LogP) is 3.50. The summed E-state index contributed by atoms with van der Waals surface area (Å²) in [5.74, 6) is 0.666. The van der Waals surface area contributed by atoms with Crippen LogP contribution in [0.3, 0.4) is 0 Å². The Balaban J connectivity index is 1.89. The number of hydrogen-bond donors (Lipinski definition) is 0. The Labute approximate surface area is 129 Å². The van der Waals surface area contributed by atoms with Crippen molar-refractivity contribution in [2.75, 3.05) is 13.1 Å². The molecule has 2 rings (SSSR count). The summed E-state index contributed by atoms with van der Waals surface area (Å²) in [6, 6.07) is 0. The number of amides is 2. The van der Waals surface area contributed by atoms with Crippen molar-refractivity contribution in [3.8, 4) is 0 Å². The Morgan fingerprint density at radius 1 is 0.800 bits per heavy atom. The molecule has 0 spiro atoms. The third-order valence-electron chi connectivity index (χ3n) is 4.04. The van der Waals surface area contributed by atoms with Crippen LogP contribution in [0, 0.1) is 11.8 Å². The lowest BCUT2D eigenvalue weighted by Crippen LogP contribution is -2.31. The van der Waals surface area contributed by atoms with Crippen LogP contribution in [0.5, 0.6) is 0 Å². The van der Waals surface area contributed by atoms with E-state index in [-0.39, 0.29) is 23.7 Å². The smallest absolute Gasteiger partial charge is 0.235 e. The van der Waals surface area contributed by atoms with E-state index in [4.69, 9.17) is 0 Å². The van der Waals surface area contributed by atoms with Crippen LogP contribution >= 0.6 is 22.0 Å². The van der Waals surface area contributed by atoms with Crippen LogP contribution < -0.4 is 0 Å². The van der Waals surface area contributed by atoms with Crippen LogP contribution in [0.25, 0.3) is 0 Å². The molecule has 114 valence electrons. The van der Waals surface area contributed by atoms with Gasteiger partial charge in [0.25, 0.3) is 0 Å². The fourth-order valence-corrected chi connectivity index (χ4v) is 5.05. The molecular formula is C14H24N2O2S2. The molecule has 2 fully saturated rings. The summed E-state index contributed by atoms with van der Waals surface area (Å²) < 4.78 is 3.70. The average molecular weight is 316 g/mol. The van der Waals surface area contributed by atoms with Gasteiger partial charge < -0.3 is 0 Å². The van der Waals surface area contributed by atoms with E-state index >= 15 is 0 Å². The number of nitrogens with zero attached hydrogens (tertiary/aromatic N) is 2. The second-order valence-electron chi connectivity index (χ2n) is 5.82. The molecule has 2 amide bonds. The molecule has 6 heteroatoms. The predicted molar refractivity (Wildman–Crippen MR) is 84.6 cm³/mol. The molecule has 2 unspecified atom stereocenters. The van der Waals surface area contributed by atoms with Gasteiger partial charge in [-0.1, -0.05) is 26.7 Å². The van der Waals surface area contributed by atoms with Gasteiger partial charge in [0, 0.05) is 46.9 Å². The first-order valence-electron chi connectivity index (χ1n) is 7.57. The minimum absolute atomic E-state index is 0.115. The van der Waals surface area contributed by atoms with Crippen molar-refractivity contribution >= 4 is 33.8 Å². The van der Waals surface area contributed by atoms with E-state index in [1.54, 1.807) is 0 Å². The standard InChI is InChI=1S/C14H24N2O2S2/c1-11-7-3-5-9-15(13(11)17)19-20-16-10-6-4-8-12(2)14(16)18/h11-12H,3-10H2,1-2H3. The van der Waals surface area contributed by atoms with E-state index in [0.29, 0.717) is 0 Å². The zero-order chi connectivity index (χ0) is 14.5. The van der Waals surface area contributed by atoms with Gasteiger partial charge in [0.15, 0.2) is 0 Å². The Morgan fingerprint density at radius 3 is 1.60 bits per heavy atom. The molecule has 0 saturated carbocycles. The van der Waals surface area contributed by atoms with E-state index in [2.05, 4.69) is 0 Å². The number of rotatable bonds is 3. The average Bonchev–Trinajstić information content (AvgIpc) is 2.69. The van der Waals surface area contributed by atoms with Gasteiger partial charge in [-0.25, -0.2) is 0 Å². The first kappa shape index (κ1) is 16.0. The van der Waals surface area contributed by atoms with E-state index < -0.39 is 0 Å². The summed E-state index contributed by atoms with van der Waals surface area (Å²) in [5, 5.41) is 0. The number of carbonyl (C=O) groups excluding carboxylic acids is 2. The lowest BCUT2D eigenvalue weighted by molar-refractivity contribution is -0.130. The highest BCUT2D eigenvalue weighted by atomic mass is 33.1. The van der Waals surface area contributed by atoms with E-state index in [1.807, 2.05) is 22.5 Å². The molecule has 0 N–H and O–H groups in total. The summed E-state index contributed by atoms with van der Waals surface area (Å²) >= 11 is 0. The van der Waals surface area contributed by atoms with Crippen molar-refractivity contribution in [3.63, 3.8) is 0 Å². The lowest BCUT2D eigenvalue weighted by Gasteiger charge is -2.25. The van der Waals surface area contributed by atoms with Gasteiger partial charge in [0.05, 0.1) is 0 Å².